The van der Waals surface area contributed by atoms with Gasteiger partial charge in [-0.05, 0) is 56.6 Å². The van der Waals surface area contributed by atoms with Crippen molar-refractivity contribution in [2.45, 2.75) is 65.8 Å². The van der Waals surface area contributed by atoms with E-state index in [9.17, 15) is 4.79 Å². The molecule has 0 spiro atoms. The van der Waals surface area contributed by atoms with Crippen molar-refractivity contribution in [3.63, 3.8) is 0 Å². The highest BCUT2D eigenvalue weighted by Crippen LogP contribution is 2.42. The molecule has 0 N–H and O–H groups in total. The van der Waals surface area contributed by atoms with Crippen LogP contribution in [0.4, 0.5) is 0 Å². The summed E-state index contributed by atoms with van der Waals surface area (Å²) in [6.45, 7) is 8.91. The molecule has 224 valence electrons. The summed E-state index contributed by atoms with van der Waals surface area (Å²) < 4.78 is 28.1. The Bertz CT molecular complexity index is 1280. The highest BCUT2D eigenvalue weighted by molar-refractivity contribution is 6.08. The maximum Gasteiger partial charge on any atom is 0.340 e. The Morgan fingerprint density at radius 3 is 1.90 bits per heavy atom. The minimum Gasteiger partial charge on any atom is -0.493 e. The van der Waals surface area contributed by atoms with Crippen LogP contribution in [0.5, 0.6) is 23.0 Å². The lowest BCUT2D eigenvalue weighted by atomic mass is 9.93. The molecule has 0 aliphatic heterocycles. The maximum absolute atomic E-state index is 13.8. The maximum atomic E-state index is 13.8. The van der Waals surface area contributed by atoms with E-state index in [1.54, 1.807) is 28.4 Å². The van der Waals surface area contributed by atoms with E-state index < -0.39 is 5.97 Å². The van der Waals surface area contributed by atoms with Crippen LogP contribution in [0, 0.1) is 0 Å². The van der Waals surface area contributed by atoms with E-state index in [-0.39, 0.29) is 6.61 Å². The van der Waals surface area contributed by atoms with Gasteiger partial charge in [0.25, 0.3) is 0 Å². The van der Waals surface area contributed by atoms with Crippen LogP contribution in [0.15, 0.2) is 30.3 Å². The molecule has 0 amide bonds. The Morgan fingerprint density at radius 2 is 1.34 bits per heavy atom. The lowest BCUT2D eigenvalue weighted by Gasteiger charge is -2.25. The van der Waals surface area contributed by atoms with Crippen molar-refractivity contribution >= 4 is 16.9 Å². The van der Waals surface area contributed by atoms with Gasteiger partial charge < -0.3 is 23.7 Å². The number of esters is 1. The Hall–Kier alpha value is -3.52. The summed E-state index contributed by atoms with van der Waals surface area (Å²) in [6.07, 6.45) is 6.81. The Labute approximate surface area is 244 Å². The van der Waals surface area contributed by atoms with Crippen LogP contribution in [0.1, 0.15) is 75.3 Å². The van der Waals surface area contributed by atoms with E-state index in [0.29, 0.717) is 51.9 Å². The summed E-state index contributed by atoms with van der Waals surface area (Å²) in [6, 6.07) is 9.41. The molecule has 0 unspecified atom stereocenters. The molecule has 0 bridgehead atoms. The molecular formula is C33H46N2O6. The Balaban J connectivity index is 2.34. The molecule has 0 saturated carbocycles. The first-order chi connectivity index (χ1) is 20.0. The van der Waals surface area contributed by atoms with Gasteiger partial charge in [-0.1, -0.05) is 45.6 Å². The van der Waals surface area contributed by atoms with Gasteiger partial charge in [0.2, 0.25) is 0 Å². The third-order valence-corrected chi connectivity index (χ3v) is 7.25. The number of ether oxygens (including phenoxy) is 5. The molecule has 8 heteroatoms. The Kier molecular flexibility index (Phi) is 12.5. The van der Waals surface area contributed by atoms with Gasteiger partial charge in [0.1, 0.15) is 0 Å². The van der Waals surface area contributed by atoms with Crippen molar-refractivity contribution in [3.8, 4) is 34.1 Å². The summed E-state index contributed by atoms with van der Waals surface area (Å²) in [5.74, 6) is 1.88. The first-order valence-electron chi connectivity index (χ1n) is 14.7. The monoisotopic (exact) mass is 566 g/mol. The molecular weight excluding hydrogens is 520 g/mol. The number of rotatable bonds is 17. The van der Waals surface area contributed by atoms with Gasteiger partial charge in [0.05, 0.1) is 51.8 Å². The lowest BCUT2D eigenvalue weighted by Crippen LogP contribution is -2.28. The summed E-state index contributed by atoms with van der Waals surface area (Å²) >= 11 is 0. The number of fused-ring (bicyclic) bond motifs is 1. The standard InChI is InChI=1S/C33H46N2O6/c1-8-11-13-17-35(18-14-12-9-2)22-26-32(33(36)41-10-3)31(23-15-16-27(37-4)28(19-23)38-5)24-20-29(39-6)30(40-7)21-25(24)34-26/h15-16,19-21H,8-14,17-18,22H2,1-7H3. The molecule has 8 nitrogen and oxygen atoms in total. The number of benzene rings is 2. The number of methoxy groups -OCH3 is 4. The summed E-state index contributed by atoms with van der Waals surface area (Å²) in [5, 5.41) is 0.755. The van der Waals surface area contributed by atoms with E-state index in [1.165, 1.54) is 0 Å². The smallest absolute Gasteiger partial charge is 0.340 e. The molecule has 0 saturated heterocycles. The molecule has 2 aromatic carbocycles. The van der Waals surface area contributed by atoms with Crippen molar-refractivity contribution in [1.82, 2.24) is 9.88 Å². The van der Waals surface area contributed by atoms with Crippen LogP contribution in [-0.4, -0.2) is 64.0 Å². The third-order valence-electron chi connectivity index (χ3n) is 7.25. The van der Waals surface area contributed by atoms with Gasteiger partial charge in [-0.25, -0.2) is 4.79 Å². The number of hydrogen-bond donors (Lipinski definition) is 0. The fourth-order valence-electron chi connectivity index (χ4n) is 5.12. The van der Waals surface area contributed by atoms with Crippen molar-refractivity contribution in [2.24, 2.45) is 0 Å². The summed E-state index contributed by atoms with van der Waals surface area (Å²) in [4.78, 5) is 21.3. The molecule has 0 radical (unpaired) electrons. The average molecular weight is 567 g/mol. The SMILES string of the molecule is CCCCCN(CCCCC)Cc1nc2cc(OC)c(OC)cc2c(-c2ccc(OC)c(OC)c2)c1C(=O)OCC. The highest BCUT2D eigenvalue weighted by atomic mass is 16.5. The van der Waals surface area contributed by atoms with Crippen LogP contribution >= 0.6 is 0 Å². The van der Waals surface area contributed by atoms with Gasteiger partial charge >= 0.3 is 5.97 Å². The number of pyridine rings is 1. The van der Waals surface area contributed by atoms with E-state index in [1.807, 2.05) is 37.3 Å². The largest absolute Gasteiger partial charge is 0.493 e. The summed E-state index contributed by atoms with van der Waals surface area (Å²) in [5.41, 5.74) is 3.34. The first kappa shape index (κ1) is 32.0. The van der Waals surface area contributed by atoms with E-state index in [0.717, 1.165) is 62.6 Å². The molecule has 3 rings (SSSR count). The molecule has 3 aromatic rings. The normalized spacial score (nSPS) is 11.1. The molecule has 0 aliphatic carbocycles. The van der Waals surface area contributed by atoms with Gasteiger partial charge in [-0.15, -0.1) is 0 Å². The number of unbranched alkanes of at least 4 members (excludes halogenated alkanes) is 4. The topological polar surface area (TPSA) is 79.4 Å². The van der Waals surface area contributed by atoms with E-state index >= 15 is 0 Å². The van der Waals surface area contributed by atoms with Crippen LogP contribution < -0.4 is 18.9 Å². The minimum absolute atomic E-state index is 0.254. The summed E-state index contributed by atoms with van der Waals surface area (Å²) in [7, 11) is 6.40. The van der Waals surface area contributed by atoms with Gasteiger partial charge in [-0.3, -0.25) is 9.88 Å². The predicted molar refractivity (Wildman–Crippen MR) is 164 cm³/mol. The third kappa shape index (κ3) is 7.82. The minimum atomic E-state index is -0.404. The molecule has 41 heavy (non-hydrogen) atoms. The fourth-order valence-corrected chi connectivity index (χ4v) is 5.12. The second-order valence-corrected chi connectivity index (χ2v) is 10.0. The van der Waals surface area contributed by atoms with Crippen LogP contribution in [0.2, 0.25) is 0 Å². The van der Waals surface area contributed by atoms with Gasteiger partial charge in [-0.2, -0.15) is 0 Å². The predicted octanol–water partition coefficient (Wildman–Crippen LogP) is 7.30. The average Bonchev–Trinajstić information content (AvgIpc) is 2.99. The van der Waals surface area contributed by atoms with Crippen LogP contribution in [0.25, 0.3) is 22.0 Å². The number of carbonyl (C=O) groups is 1. The van der Waals surface area contributed by atoms with Crippen LogP contribution in [0.3, 0.4) is 0 Å². The number of nitrogens with zero attached hydrogens (tertiary/aromatic N) is 2. The zero-order valence-electron chi connectivity index (χ0n) is 25.8. The van der Waals surface area contributed by atoms with E-state index in [4.69, 9.17) is 28.7 Å². The van der Waals surface area contributed by atoms with Crippen LogP contribution in [-0.2, 0) is 11.3 Å². The van der Waals surface area contributed by atoms with Crippen molar-refractivity contribution in [1.29, 1.82) is 0 Å². The second-order valence-electron chi connectivity index (χ2n) is 10.0. The highest BCUT2D eigenvalue weighted by Gasteiger charge is 2.26. The fraction of sp³-hybridized carbons (Fsp3) is 0.515. The van der Waals surface area contributed by atoms with Gasteiger partial charge in [0, 0.05) is 23.6 Å². The van der Waals surface area contributed by atoms with Crippen molar-refractivity contribution < 1.29 is 28.5 Å². The molecule has 1 heterocycles. The van der Waals surface area contributed by atoms with E-state index in [2.05, 4.69) is 18.7 Å². The first-order valence-corrected chi connectivity index (χ1v) is 14.7. The molecule has 0 fully saturated rings. The molecule has 0 aliphatic rings. The van der Waals surface area contributed by atoms with Crippen molar-refractivity contribution in [3.05, 3.63) is 41.6 Å². The number of aromatic nitrogens is 1. The zero-order chi connectivity index (χ0) is 29.8. The number of hydrogen-bond acceptors (Lipinski definition) is 8. The second kappa shape index (κ2) is 16.1. The molecule has 1 aromatic heterocycles. The lowest BCUT2D eigenvalue weighted by molar-refractivity contribution is 0.0524. The van der Waals surface area contributed by atoms with Gasteiger partial charge in [0.15, 0.2) is 23.0 Å². The van der Waals surface area contributed by atoms with Crippen molar-refractivity contribution in [2.75, 3.05) is 48.1 Å². The Morgan fingerprint density at radius 1 is 0.756 bits per heavy atom. The quantitative estimate of drug-likeness (QED) is 0.124. The number of carbonyl (C=O) groups excluding carboxylic acids is 1. The zero-order valence-corrected chi connectivity index (χ0v) is 25.8. The molecule has 0 atom stereocenters.